The lowest BCUT2D eigenvalue weighted by molar-refractivity contribution is 1.01. The third kappa shape index (κ3) is 4.14. The highest BCUT2D eigenvalue weighted by molar-refractivity contribution is 5.73. The number of nitrogens with two attached hydrogens (primary N) is 1. The monoisotopic (exact) mass is 329 g/mol. The molecule has 5 nitrogen and oxygen atoms in total. The molecule has 0 aliphatic carbocycles. The number of hydrogen-bond acceptors (Lipinski definition) is 4. The Morgan fingerprint density at radius 2 is 2.00 bits per heavy atom. The molecule has 5 heteroatoms. The van der Waals surface area contributed by atoms with Gasteiger partial charge in [0.05, 0.1) is 11.3 Å². The van der Waals surface area contributed by atoms with Gasteiger partial charge in [0.15, 0.2) is 0 Å². The molecule has 0 aliphatic rings. The smallest absolute Gasteiger partial charge is 0.122 e. The minimum atomic E-state index is 0.503. The fourth-order valence-corrected chi connectivity index (χ4v) is 2.49. The maximum Gasteiger partial charge on any atom is 0.122 e. The van der Waals surface area contributed by atoms with Gasteiger partial charge in [-0.15, -0.1) is 0 Å². The van der Waals surface area contributed by atoms with E-state index in [1.807, 2.05) is 60.7 Å². The van der Waals surface area contributed by atoms with Gasteiger partial charge < -0.3 is 16.0 Å². The van der Waals surface area contributed by atoms with Crippen molar-refractivity contribution in [2.45, 2.75) is 0 Å². The van der Waals surface area contributed by atoms with Crippen molar-refractivity contribution in [3.63, 3.8) is 0 Å². The van der Waals surface area contributed by atoms with Crippen LogP contribution in [0.2, 0.25) is 0 Å². The minimum absolute atomic E-state index is 0.503. The fourth-order valence-electron chi connectivity index (χ4n) is 2.49. The van der Waals surface area contributed by atoms with Crippen LogP contribution >= 0.6 is 0 Å². The van der Waals surface area contributed by atoms with Crippen LogP contribution in [0.15, 0.2) is 54.7 Å². The van der Waals surface area contributed by atoms with Crippen molar-refractivity contribution in [3.05, 3.63) is 71.5 Å². The first-order valence-corrected chi connectivity index (χ1v) is 8.07. The van der Waals surface area contributed by atoms with E-state index in [1.165, 1.54) is 0 Å². The summed E-state index contributed by atoms with van der Waals surface area (Å²) in [6.45, 7) is 1.11. The van der Waals surface area contributed by atoms with Crippen LogP contribution in [0.5, 0.6) is 0 Å². The van der Waals surface area contributed by atoms with Crippen molar-refractivity contribution in [1.29, 1.82) is 5.26 Å². The molecule has 0 amide bonds. The Morgan fingerprint density at radius 1 is 1.16 bits per heavy atom. The summed E-state index contributed by atoms with van der Waals surface area (Å²) in [6, 6.07) is 18.0. The molecule has 0 aliphatic heterocycles. The molecular formula is C20H19N5. The lowest BCUT2D eigenvalue weighted by Crippen LogP contribution is -2.13. The average Bonchev–Trinajstić information content (AvgIpc) is 3.09. The van der Waals surface area contributed by atoms with Crippen LogP contribution in [-0.4, -0.2) is 23.1 Å². The van der Waals surface area contributed by atoms with E-state index in [9.17, 15) is 5.26 Å². The maximum absolute atomic E-state index is 9.28. The van der Waals surface area contributed by atoms with Gasteiger partial charge in [-0.05, 0) is 29.8 Å². The Labute approximate surface area is 146 Å². The van der Waals surface area contributed by atoms with E-state index in [4.69, 9.17) is 5.73 Å². The number of aromatic nitrogens is 2. The number of hydrogen-bond donors (Lipinski definition) is 3. The molecule has 0 fully saturated rings. The molecule has 0 saturated heterocycles. The van der Waals surface area contributed by atoms with Crippen LogP contribution < -0.4 is 11.1 Å². The number of pyridine rings is 1. The van der Waals surface area contributed by atoms with Crippen molar-refractivity contribution in [1.82, 2.24) is 9.97 Å². The molecule has 1 aromatic carbocycles. The topological polar surface area (TPSA) is 90.5 Å². The fraction of sp³-hybridized carbons (Fsp3) is 0.100. The van der Waals surface area contributed by atoms with E-state index in [-0.39, 0.29) is 0 Å². The van der Waals surface area contributed by atoms with E-state index < -0.39 is 0 Å². The van der Waals surface area contributed by atoms with E-state index in [0.717, 1.165) is 22.5 Å². The molecule has 25 heavy (non-hydrogen) atoms. The molecule has 0 radical (unpaired) electrons. The van der Waals surface area contributed by atoms with Crippen LogP contribution in [0.25, 0.3) is 23.4 Å². The van der Waals surface area contributed by atoms with E-state index in [2.05, 4.69) is 21.4 Å². The van der Waals surface area contributed by atoms with Gasteiger partial charge in [-0.2, -0.15) is 5.26 Å². The van der Waals surface area contributed by atoms with Gasteiger partial charge in [0.2, 0.25) is 0 Å². The third-order valence-corrected chi connectivity index (χ3v) is 3.72. The van der Waals surface area contributed by atoms with E-state index >= 15 is 0 Å². The normalized spacial score (nSPS) is 10.7. The molecule has 4 N–H and O–H groups in total. The number of nitrogens with one attached hydrogen (secondary N) is 2. The third-order valence-electron chi connectivity index (χ3n) is 3.72. The summed E-state index contributed by atoms with van der Waals surface area (Å²) < 4.78 is 0. The van der Waals surface area contributed by atoms with Crippen LogP contribution in [-0.2, 0) is 0 Å². The Balaban J connectivity index is 1.85. The number of aromatic amines is 1. The summed E-state index contributed by atoms with van der Waals surface area (Å²) in [4.78, 5) is 7.62. The lowest BCUT2D eigenvalue weighted by atomic mass is 10.1. The van der Waals surface area contributed by atoms with Crippen LogP contribution in [0.3, 0.4) is 0 Å². The first-order chi connectivity index (χ1) is 12.3. The zero-order valence-electron chi connectivity index (χ0n) is 13.7. The number of rotatable bonds is 6. The van der Waals surface area contributed by atoms with Crippen molar-refractivity contribution >= 4 is 18.0 Å². The molecular weight excluding hydrogens is 310 g/mol. The SMILES string of the molecule is N#Cc1cc(-c2ccnc(/C=C/c3ccccc3)c2)[nH]c1NCCN. The summed E-state index contributed by atoms with van der Waals surface area (Å²) in [5, 5.41) is 12.4. The predicted molar refractivity (Wildman–Crippen MR) is 102 cm³/mol. The van der Waals surface area contributed by atoms with Crippen molar-refractivity contribution in [2.75, 3.05) is 18.4 Å². The van der Waals surface area contributed by atoms with Crippen molar-refractivity contribution in [3.8, 4) is 17.3 Å². The highest BCUT2D eigenvalue weighted by Crippen LogP contribution is 2.25. The van der Waals surface area contributed by atoms with Gasteiger partial charge in [-0.1, -0.05) is 36.4 Å². The molecule has 2 heterocycles. The number of nitriles is 1. The predicted octanol–water partition coefficient (Wildman–Crippen LogP) is 3.49. The zero-order chi connectivity index (χ0) is 17.5. The van der Waals surface area contributed by atoms with Gasteiger partial charge in [-0.25, -0.2) is 0 Å². The molecule has 3 aromatic rings. The number of nitrogens with zero attached hydrogens (tertiary/aromatic N) is 2. The lowest BCUT2D eigenvalue weighted by Gasteiger charge is -2.02. The van der Waals surface area contributed by atoms with E-state index in [0.29, 0.717) is 24.5 Å². The first kappa shape index (κ1) is 16.5. The molecule has 2 aromatic heterocycles. The quantitative estimate of drug-likeness (QED) is 0.645. The summed E-state index contributed by atoms with van der Waals surface area (Å²) in [5.74, 6) is 0.695. The van der Waals surface area contributed by atoms with Crippen LogP contribution in [0, 0.1) is 11.3 Å². The van der Waals surface area contributed by atoms with E-state index in [1.54, 1.807) is 6.20 Å². The summed E-state index contributed by atoms with van der Waals surface area (Å²) in [7, 11) is 0. The van der Waals surface area contributed by atoms with Gasteiger partial charge >= 0.3 is 0 Å². The van der Waals surface area contributed by atoms with Crippen LogP contribution in [0.4, 0.5) is 5.82 Å². The Kier molecular flexibility index (Phi) is 5.25. The summed E-state index contributed by atoms with van der Waals surface area (Å²) >= 11 is 0. The first-order valence-electron chi connectivity index (χ1n) is 8.07. The summed E-state index contributed by atoms with van der Waals surface area (Å²) in [5.41, 5.74) is 9.90. The molecule has 3 rings (SSSR count). The largest absolute Gasteiger partial charge is 0.369 e. The second-order valence-electron chi connectivity index (χ2n) is 5.51. The minimum Gasteiger partial charge on any atom is -0.369 e. The molecule has 0 saturated carbocycles. The number of H-pyrrole nitrogens is 1. The second kappa shape index (κ2) is 7.95. The van der Waals surface area contributed by atoms with Crippen molar-refractivity contribution < 1.29 is 0 Å². The summed E-state index contributed by atoms with van der Waals surface area (Å²) in [6.07, 6.45) is 5.76. The molecule has 0 bridgehead atoms. The Morgan fingerprint density at radius 3 is 2.76 bits per heavy atom. The van der Waals surface area contributed by atoms with Gasteiger partial charge in [0.1, 0.15) is 11.9 Å². The van der Waals surface area contributed by atoms with Crippen molar-refractivity contribution in [2.24, 2.45) is 5.73 Å². The van der Waals surface area contributed by atoms with Gasteiger partial charge in [0, 0.05) is 30.5 Å². The van der Waals surface area contributed by atoms with Gasteiger partial charge in [0.25, 0.3) is 0 Å². The second-order valence-corrected chi connectivity index (χ2v) is 5.51. The molecule has 124 valence electrons. The number of anilines is 1. The molecule has 0 spiro atoms. The molecule has 0 atom stereocenters. The zero-order valence-corrected chi connectivity index (χ0v) is 13.7. The standard InChI is InChI=1S/C20H19N5/c21-9-11-24-20-17(14-22)13-19(25-20)16-8-10-23-18(12-16)7-6-15-4-2-1-3-5-15/h1-8,10,12-13,24-25H,9,11,21H2/b7-6+. The number of benzene rings is 1. The Bertz CT molecular complexity index is 903. The highest BCUT2D eigenvalue weighted by atomic mass is 15.0. The Hall–Kier alpha value is -3.36. The average molecular weight is 329 g/mol. The maximum atomic E-state index is 9.28. The highest BCUT2D eigenvalue weighted by Gasteiger charge is 2.09. The van der Waals surface area contributed by atoms with Gasteiger partial charge in [-0.3, -0.25) is 4.98 Å². The van der Waals surface area contributed by atoms with Crippen LogP contribution in [0.1, 0.15) is 16.8 Å². The molecule has 0 unspecified atom stereocenters.